The van der Waals surface area contributed by atoms with Crippen molar-refractivity contribution in [2.24, 2.45) is 0 Å². The smallest absolute Gasteiger partial charge is 0.257 e. The molecule has 3 rings (SSSR count). The van der Waals surface area contributed by atoms with Gasteiger partial charge in [-0.1, -0.05) is 6.07 Å². The lowest BCUT2D eigenvalue weighted by Gasteiger charge is -2.10. The highest BCUT2D eigenvalue weighted by atomic mass is 16.5. The van der Waals surface area contributed by atoms with Crippen LogP contribution in [0.3, 0.4) is 0 Å². The van der Waals surface area contributed by atoms with Crippen LogP contribution in [0.4, 0.5) is 5.69 Å². The van der Waals surface area contributed by atoms with Gasteiger partial charge in [-0.25, -0.2) is 14.6 Å². The van der Waals surface area contributed by atoms with Gasteiger partial charge >= 0.3 is 0 Å². The maximum atomic E-state index is 12.4. The topological polar surface area (TPSA) is 91.2 Å². The number of ether oxygens (including phenoxy) is 2. The standard InChI is InChI=1S/C19H21N5O3/c1-14(2)27-18-7-6-15(11-21-18)19(25)23-16-4-3-5-17(10-16)26-9-8-24-13-20-12-22-24/h3-7,10-14H,8-9H2,1-2H3,(H,23,25). The van der Waals surface area contributed by atoms with E-state index in [1.54, 1.807) is 35.3 Å². The van der Waals surface area contributed by atoms with Gasteiger partial charge in [-0.15, -0.1) is 0 Å². The molecule has 8 heteroatoms. The molecule has 1 amide bonds. The van der Waals surface area contributed by atoms with E-state index in [0.29, 0.717) is 36.0 Å². The minimum atomic E-state index is -0.252. The molecule has 1 N–H and O–H groups in total. The van der Waals surface area contributed by atoms with Gasteiger partial charge in [-0.2, -0.15) is 5.10 Å². The number of anilines is 1. The normalized spacial score (nSPS) is 10.6. The highest BCUT2D eigenvalue weighted by molar-refractivity contribution is 6.04. The molecule has 0 saturated heterocycles. The monoisotopic (exact) mass is 367 g/mol. The van der Waals surface area contributed by atoms with Gasteiger partial charge in [0, 0.05) is 24.0 Å². The Kier molecular flexibility index (Phi) is 5.98. The van der Waals surface area contributed by atoms with Gasteiger partial charge in [0.1, 0.15) is 25.0 Å². The van der Waals surface area contributed by atoms with Crippen LogP contribution in [0.15, 0.2) is 55.2 Å². The van der Waals surface area contributed by atoms with Crippen molar-refractivity contribution in [3.63, 3.8) is 0 Å². The Morgan fingerprint density at radius 3 is 2.85 bits per heavy atom. The first-order valence-electron chi connectivity index (χ1n) is 8.59. The lowest BCUT2D eigenvalue weighted by atomic mass is 10.2. The Labute approximate surface area is 157 Å². The Bertz CT molecular complexity index is 863. The Balaban J connectivity index is 1.55. The molecular weight excluding hydrogens is 346 g/mol. The highest BCUT2D eigenvalue weighted by Crippen LogP contribution is 2.18. The van der Waals surface area contributed by atoms with Crippen molar-refractivity contribution in [3.8, 4) is 11.6 Å². The molecule has 0 atom stereocenters. The Morgan fingerprint density at radius 2 is 2.15 bits per heavy atom. The van der Waals surface area contributed by atoms with Gasteiger partial charge in [0.15, 0.2) is 0 Å². The minimum absolute atomic E-state index is 0.0319. The predicted molar refractivity (Wildman–Crippen MR) is 99.9 cm³/mol. The second kappa shape index (κ2) is 8.79. The first-order chi connectivity index (χ1) is 13.1. The summed E-state index contributed by atoms with van der Waals surface area (Å²) in [6.07, 6.45) is 4.63. The van der Waals surface area contributed by atoms with Crippen molar-refractivity contribution >= 4 is 11.6 Å². The van der Waals surface area contributed by atoms with Gasteiger partial charge in [-0.3, -0.25) is 4.79 Å². The van der Waals surface area contributed by atoms with Crippen LogP contribution in [0.2, 0.25) is 0 Å². The number of benzene rings is 1. The van der Waals surface area contributed by atoms with E-state index in [0.717, 1.165) is 0 Å². The molecule has 2 heterocycles. The fourth-order valence-electron chi connectivity index (χ4n) is 2.30. The predicted octanol–water partition coefficient (Wildman–Crippen LogP) is 2.79. The summed E-state index contributed by atoms with van der Waals surface area (Å²) < 4.78 is 12.9. The number of amides is 1. The van der Waals surface area contributed by atoms with Crippen molar-refractivity contribution in [1.29, 1.82) is 0 Å². The molecule has 0 aliphatic carbocycles. The molecule has 0 unspecified atom stereocenters. The van der Waals surface area contributed by atoms with E-state index in [-0.39, 0.29) is 12.0 Å². The van der Waals surface area contributed by atoms with E-state index in [1.807, 2.05) is 26.0 Å². The van der Waals surface area contributed by atoms with E-state index in [4.69, 9.17) is 9.47 Å². The summed E-state index contributed by atoms with van der Waals surface area (Å²) in [6.45, 7) is 4.88. The van der Waals surface area contributed by atoms with Gasteiger partial charge in [-0.05, 0) is 32.0 Å². The number of carbonyl (C=O) groups is 1. The number of aromatic nitrogens is 4. The molecule has 0 bridgehead atoms. The zero-order chi connectivity index (χ0) is 19.1. The summed E-state index contributed by atoms with van der Waals surface area (Å²) in [5, 5.41) is 6.85. The summed E-state index contributed by atoms with van der Waals surface area (Å²) in [4.78, 5) is 20.4. The lowest BCUT2D eigenvalue weighted by Crippen LogP contribution is -2.13. The maximum Gasteiger partial charge on any atom is 0.257 e. The molecule has 8 nitrogen and oxygen atoms in total. The summed E-state index contributed by atoms with van der Waals surface area (Å²) in [5.74, 6) is 0.898. The SMILES string of the molecule is CC(C)Oc1ccc(C(=O)Nc2cccc(OCCn3cncn3)c2)cn1. The van der Waals surface area contributed by atoms with E-state index in [1.165, 1.54) is 12.5 Å². The average molecular weight is 367 g/mol. The van der Waals surface area contributed by atoms with Crippen LogP contribution in [-0.2, 0) is 6.54 Å². The van der Waals surface area contributed by atoms with Crippen molar-refractivity contribution in [3.05, 3.63) is 60.8 Å². The van der Waals surface area contributed by atoms with Crippen LogP contribution in [-0.4, -0.2) is 38.4 Å². The molecule has 3 aromatic rings. The molecule has 1 aromatic carbocycles. The van der Waals surface area contributed by atoms with Gasteiger partial charge < -0.3 is 14.8 Å². The summed E-state index contributed by atoms with van der Waals surface area (Å²) in [5.41, 5.74) is 1.09. The fourth-order valence-corrected chi connectivity index (χ4v) is 2.30. The van der Waals surface area contributed by atoms with Crippen molar-refractivity contribution in [2.45, 2.75) is 26.5 Å². The maximum absolute atomic E-state index is 12.4. The third kappa shape index (κ3) is 5.53. The van der Waals surface area contributed by atoms with Crippen LogP contribution in [0.5, 0.6) is 11.6 Å². The molecule has 0 fully saturated rings. The number of pyridine rings is 1. The molecule has 0 radical (unpaired) electrons. The van der Waals surface area contributed by atoms with E-state index in [9.17, 15) is 4.79 Å². The van der Waals surface area contributed by atoms with Crippen LogP contribution in [0.1, 0.15) is 24.2 Å². The lowest BCUT2D eigenvalue weighted by molar-refractivity contribution is 0.102. The number of nitrogens with zero attached hydrogens (tertiary/aromatic N) is 4. The van der Waals surface area contributed by atoms with Gasteiger partial charge in [0.2, 0.25) is 5.88 Å². The molecular formula is C19H21N5O3. The molecule has 140 valence electrons. The molecule has 0 spiro atoms. The van der Waals surface area contributed by atoms with E-state index in [2.05, 4.69) is 20.4 Å². The molecule has 0 saturated carbocycles. The van der Waals surface area contributed by atoms with Crippen LogP contribution < -0.4 is 14.8 Å². The first-order valence-corrected chi connectivity index (χ1v) is 8.59. The van der Waals surface area contributed by atoms with Crippen LogP contribution in [0.25, 0.3) is 0 Å². The van der Waals surface area contributed by atoms with Crippen molar-refractivity contribution in [1.82, 2.24) is 19.7 Å². The fraction of sp³-hybridized carbons (Fsp3) is 0.263. The average Bonchev–Trinajstić information content (AvgIpc) is 3.15. The summed E-state index contributed by atoms with van der Waals surface area (Å²) in [6, 6.07) is 10.6. The third-order valence-corrected chi connectivity index (χ3v) is 3.50. The largest absolute Gasteiger partial charge is 0.492 e. The molecule has 27 heavy (non-hydrogen) atoms. The zero-order valence-corrected chi connectivity index (χ0v) is 15.2. The van der Waals surface area contributed by atoms with Crippen LogP contribution >= 0.6 is 0 Å². The molecule has 0 aliphatic heterocycles. The molecule has 0 aliphatic rings. The van der Waals surface area contributed by atoms with Crippen molar-refractivity contribution < 1.29 is 14.3 Å². The number of hydrogen-bond acceptors (Lipinski definition) is 6. The highest BCUT2D eigenvalue weighted by Gasteiger charge is 2.08. The summed E-state index contributed by atoms with van der Waals surface area (Å²) in [7, 11) is 0. The Morgan fingerprint density at radius 1 is 1.26 bits per heavy atom. The van der Waals surface area contributed by atoms with Gasteiger partial charge in [0.25, 0.3) is 5.91 Å². The second-order valence-corrected chi connectivity index (χ2v) is 6.04. The van der Waals surface area contributed by atoms with E-state index < -0.39 is 0 Å². The van der Waals surface area contributed by atoms with Crippen molar-refractivity contribution in [2.75, 3.05) is 11.9 Å². The van der Waals surface area contributed by atoms with Crippen LogP contribution in [0, 0.1) is 0 Å². The summed E-state index contributed by atoms with van der Waals surface area (Å²) >= 11 is 0. The number of carbonyl (C=O) groups excluding carboxylic acids is 1. The molecule has 2 aromatic heterocycles. The quantitative estimate of drug-likeness (QED) is 0.658. The van der Waals surface area contributed by atoms with Gasteiger partial charge in [0.05, 0.1) is 18.2 Å². The first kappa shape index (κ1) is 18.4. The number of hydrogen-bond donors (Lipinski definition) is 1. The second-order valence-electron chi connectivity index (χ2n) is 6.04. The number of rotatable bonds is 8. The van der Waals surface area contributed by atoms with E-state index >= 15 is 0 Å². The minimum Gasteiger partial charge on any atom is -0.492 e. The zero-order valence-electron chi connectivity index (χ0n) is 15.2. The Hall–Kier alpha value is -3.42. The third-order valence-electron chi connectivity index (χ3n) is 3.50. The number of nitrogens with one attached hydrogen (secondary N) is 1.